The van der Waals surface area contributed by atoms with Crippen molar-refractivity contribution in [2.45, 2.75) is 6.92 Å². The van der Waals surface area contributed by atoms with Crippen LogP contribution < -0.4 is 10.4 Å². The van der Waals surface area contributed by atoms with Crippen molar-refractivity contribution in [3.05, 3.63) is 90.5 Å². The number of para-hydroxylation sites is 2. The van der Waals surface area contributed by atoms with Crippen molar-refractivity contribution in [2.24, 2.45) is 0 Å². The Balaban J connectivity index is 1.95. The van der Waals surface area contributed by atoms with Crippen molar-refractivity contribution in [1.29, 1.82) is 0 Å². The fourth-order valence-corrected chi connectivity index (χ4v) is 2.19. The van der Waals surface area contributed by atoms with Crippen LogP contribution in [0.15, 0.2) is 84.9 Å². The number of hydrogen-bond donors (Lipinski definition) is 1. The summed E-state index contributed by atoms with van der Waals surface area (Å²) in [7, 11) is 0. The summed E-state index contributed by atoms with van der Waals surface area (Å²) in [5.74, 6) is 0. The smallest absolute Gasteiger partial charge is 0.0630 e. The Morgan fingerprint density at radius 2 is 1.10 bits per heavy atom. The monoisotopic (exact) mass is 274 g/mol. The van der Waals surface area contributed by atoms with Gasteiger partial charge in [0.05, 0.1) is 17.1 Å². The van der Waals surface area contributed by atoms with Gasteiger partial charge in [0.25, 0.3) is 0 Å². The highest BCUT2D eigenvalue weighted by atomic mass is 15.5. The minimum Gasteiger partial charge on any atom is -0.294 e. The minimum absolute atomic E-state index is 1.06. The van der Waals surface area contributed by atoms with Gasteiger partial charge in [0.1, 0.15) is 0 Å². The average molecular weight is 274 g/mol. The van der Waals surface area contributed by atoms with E-state index >= 15 is 0 Å². The second kappa shape index (κ2) is 6.14. The molecule has 2 heteroatoms. The Kier molecular flexibility index (Phi) is 3.88. The molecule has 0 amide bonds. The second-order valence-electron chi connectivity index (χ2n) is 4.98. The zero-order chi connectivity index (χ0) is 14.5. The van der Waals surface area contributed by atoms with Gasteiger partial charge in [-0.05, 0) is 43.3 Å². The van der Waals surface area contributed by atoms with E-state index in [2.05, 4.69) is 65.9 Å². The molecule has 0 saturated heterocycles. The highest BCUT2D eigenvalue weighted by Crippen LogP contribution is 2.25. The lowest BCUT2D eigenvalue weighted by atomic mass is 10.2. The standard InChI is InChI=1S/C19H18N2/c1-16-12-14-17(15-13-16)20-21(18-8-4-2-5-9-18)19-10-6-3-7-11-19/h2-15,20H,1H3. The van der Waals surface area contributed by atoms with Crippen LogP contribution in [0, 0.1) is 6.92 Å². The predicted molar refractivity (Wildman–Crippen MR) is 89.8 cm³/mol. The fourth-order valence-electron chi connectivity index (χ4n) is 2.19. The number of nitrogens with zero attached hydrogens (tertiary/aromatic N) is 1. The normalized spacial score (nSPS) is 10.1. The molecule has 21 heavy (non-hydrogen) atoms. The molecule has 0 aromatic heterocycles. The van der Waals surface area contributed by atoms with Gasteiger partial charge in [-0.1, -0.05) is 54.1 Å². The van der Waals surface area contributed by atoms with E-state index in [-0.39, 0.29) is 0 Å². The first-order valence-corrected chi connectivity index (χ1v) is 7.06. The van der Waals surface area contributed by atoms with Crippen LogP contribution >= 0.6 is 0 Å². The molecule has 0 atom stereocenters. The zero-order valence-electron chi connectivity index (χ0n) is 12.0. The lowest BCUT2D eigenvalue weighted by molar-refractivity contribution is 1.16. The molecule has 2 nitrogen and oxygen atoms in total. The van der Waals surface area contributed by atoms with E-state index in [1.165, 1.54) is 5.56 Å². The topological polar surface area (TPSA) is 15.3 Å². The summed E-state index contributed by atoms with van der Waals surface area (Å²) in [6, 6.07) is 29.0. The third kappa shape index (κ3) is 3.23. The van der Waals surface area contributed by atoms with Crippen molar-refractivity contribution < 1.29 is 0 Å². The lowest BCUT2D eigenvalue weighted by Gasteiger charge is -2.26. The lowest BCUT2D eigenvalue weighted by Crippen LogP contribution is -2.24. The van der Waals surface area contributed by atoms with Crippen molar-refractivity contribution in [3.63, 3.8) is 0 Å². The van der Waals surface area contributed by atoms with Crippen molar-refractivity contribution >= 4 is 17.1 Å². The van der Waals surface area contributed by atoms with Gasteiger partial charge < -0.3 is 0 Å². The van der Waals surface area contributed by atoms with Crippen molar-refractivity contribution in [3.8, 4) is 0 Å². The van der Waals surface area contributed by atoms with Gasteiger partial charge in [0.15, 0.2) is 0 Å². The summed E-state index contributed by atoms with van der Waals surface area (Å²) >= 11 is 0. The van der Waals surface area contributed by atoms with E-state index in [4.69, 9.17) is 0 Å². The van der Waals surface area contributed by atoms with Gasteiger partial charge in [0, 0.05) is 0 Å². The van der Waals surface area contributed by atoms with Gasteiger partial charge in [-0.25, -0.2) is 0 Å². The van der Waals surface area contributed by atoms with E-state index in [1.807, 2.05) is 36.4 Å². The van der Waals surface area contributed by atoms with Crippen LogP contribution in [0.5, 0.6) is 0 Å². The highest BCUT2D eigenvalue weighted by molar-refractivity contribution is 5.68. The fraction of sp³-hybridized carbons (Fsp3) is 0.0526. The molecular formula is C19H18N2. The second-order valence-corrected chi connectivity index (χ2v) is 4.98. The first-order valence-electron chi connectivity index (χ1n) is 7.06. The molecule has 0 aliphatic carbocycles. The quantitative estimate of drug-likeness (QED) is 0.661. The highest BCUT2D eigenvalue weighted by Gasteiger charge is 2.08. The van der Waals surface area contributed by atoms with E-state index in [0.29, 0.717) is 0 Å². The maximum Gasteiger partial charge on any atom is 0.0630 e. The molecule has 0 heterocycles. The number of aryl methyl sites for hydroxylation is 1. The van der Waals surface area contributed by atoms with Crippen LogP contribution in [-0.2, 0) is 0 Å². The molecule has 0 radical (unpaired) electrons. The Labute approximate surface area is 125 Å². The van der Waals surface area contributed by atoms with E-state index in [1.54, 1.807) is 0 Å². The van der Waals surface area contributed by atoms with Crippen LogP contribution in [0.2, 0.25) is 0 Å². The molecule has 104 valence electrons. The third-order valence-corrected chi connectivity index (χ3v) is 3.32. The predicted octanol–water partition coefficient (Wildman–Crippen LogP) is 5.16. The Morgan fingerprint density at radius 3 is 1.57 bits per heavy atom. The van der Waals surface area contributed by atoms with Gasteiger partial charge in [-0.2, -0.15) is 0 Å². The van der Waals surface area contributed by atoms with E-state index in [0.717, 1.165) is 17.1 Å². The summed E-state index contributed by atoms with van der Waals surface area (Å²) < 4.78 is 0. The van der Waals surface area contributed by atoms with E-state index in [9.17, 15) is 0 Å². The number of hydrogen-bond acceptors (Lipinski definition) is 2. The number of benzene rings is 3. The minimum atomic E-state index is 1.06. The average Bonchev–Trinajstić information content (AvgIpc) is 2.56. The number of hydrazine groups is 1. The Bertz CT molecular complexity index is 636. The summed E-state index contributed by atoms with van der Waals surface area (Å²) in [5, 5.41) is 2.09. The molecule has 3 rings (SSSR count). The van der Waals surface area contributed by atoms with Crippen molar-refractivity contribution in [2.75, 3.05) is 10.4 Å². The van der Waals surface area contributed by atoms with Crippen LogP contribution in [-0.4, -0.2) is 0 Å². The summed E-state index contributed by atoms with van der Waals surface area (Å²) in [6.07, 6.45) is 0. The zero-order valence-corrected chi connectivity index (χ0v) is 12.0. The number of anilines is 3. The van der Waals surface area contributed by atoms with Crippen LogP contribution in [0.25, 0.3) is 0 Å². The largest absolute Gasteiger partial charge is 0.294 e. The van der Waals surface area contributed by atoms with Gasteiger partial charge in [0.2, 0.25) is 0 Å². The molecule has 3 aromatic carbocycles. The van der Waals surface area contributed by atoms with Gasteiger partial charge in [-0.3, -0.25) is 10.4 Å². The van der Waals surface area contributed by atoms with Gasteiger partial charge >= 0.3 is 0 Å². The van der Waals surface area contributed by atoms with Gasteiger partial charge in [-0.15, -0.1) is 0 Å². The molecule has 0 spiro atoms. The summed E-state index contributed by atoms with van der Waals surface area (Å²) in [6.45, 7) is 2.09. The molecule has 0 unspecified atom stereocenters. The number of rotatable bonds is 4. The molecule has 0 aliphatic rings. The van der Waals surface area contributed by atoms with Crippen LogP contribution in [0.3, 0.4) is 0 Å². The maximum absolute atomic E-state index is 3.47. The summed E-state index contributed by atoms with van der Waals surface area (Å²) in [5.41, 5.74) is 7.99. The molecular weight excluding hydrogens is 256 g/mol. The van der Waals surface area contributed by atoms with Crippen LogP contribution in [0.4, 0.5) is 17.1 Å². The molecule has 0 aliphatic heterocycles. The Hall–Kier alpha value is -2.74. The SMILES string of the molecule is Cc1ccc(NN(c2ccccc2)c2ccccc2)cc1. The molecule has 0 fully saturated rings. The first kappa shape index (κ1) is 13.3. The third-order valence-electron chi connectivity index (χ3n) is 3.32. The van der Waals surface area contributed by atoms with Crippen LogP contribution in [0.1, 0.15) is 5.56 Å². The first-order chi connectivity index (χ1) is 10.3. The molecule has 0 saturated carbocycles. The van der Waals surface area contributed by atoms with Crippen molar-refractivity contribution in [1.82, 2.24) is 0 Å². The Morgan fingerprint density at radius 1 is 0.619 bits per heavy atom. The molecule has 1 N–H and O–H groups in total. The number of nitrogens with one attached hydrogen (secondary N) is 1. The molecule has 0 bridgehead atoms. The summed E-state index contributed by atoms with van der Waals surface area (Å²) in [4.78, 5) is 0. The molecule has 3 aromatic rings. The van der Waals surface area contributed by atoms with E-state index < -0.39 is 0 Å². The maximum atomic E-state index is 3.47.